The number of anilines is 1. The van der Waals surface area contributed by atoms with Crippen LogP contribution in [-0.4, -0.2) is 33.0 Å². The van der Waals surface area contributed by atoms with E-state index in [9.17, 15) is 0 Å². The van der Waals surface area contributed by atoms with Crippen LogP contribution in [0.5, 0.6) is 0 Å². The summed E-state index contributed by atoms with van der Waals surface area (Å²) in [5.41, 5.74) is 8.91. The lowest BCUT2D eigenvalue weighted by molar-refractivity contribution is 0.152. The predicted octanol–water partition coefficient (Wildman–Crippen LogP) is 1.20. The summed E-state index contributed by atoms with van der Waals surface area (Å²) in [4.78, 5) is 4.43. The van der Waals surface area contributed by atoms with Gasteiger partial charge in [-0.25, -0.2) is 4.98 Å². The molecule has 0 aliphatic carbocycles. The maximum Gasteiger partial charge on any atom is 0.202 e. The Labute approximate surface area is 107 Å². The highest BCUT2D eigenvalue weighted by Gasteiger charge is 2.18. The van der Waals surface area contributed by atoms with Crippen LogP contribution in [0.2, 0.25) is 0 Å². The van der Waals surface area contributed by atoms with Gasteiger partial charge < -0.3 is 10.5 Å². The highest BCUT2D eigenvalue weighted by atomic mass is 16.5. The van der Waals surface area contributed by atoms with Crippen LogP contribution in [0.1, 0.15) is 19.5 Å². The Morgan fingerprint density at radius 2 is 2.17 bits per heavy atom. The molecule has 1 unspecified atom stereocenters. The number of aromatic nitrogens is 4. The SMILES string of the molecule is CCc1nn(C)c2c1nc(N)n2CC(C)COC. The molecule has 2 N–H and O–H groups in total. The van der Waals surface area contributed by atoms with E-state index in [0.717, 1.165) is 29.8 Å². The number of hydrogen-bond acceptors (Lipinski definition) is 4. The Bertz CT molecular complexity index is 542. The van der Waals surface area contributed by atoms with Gasteiger partial charge in [-0.1, -0.05) is 13.8 Å². The lowest BCUT2D eigenvalue weighted by Crippen LogP contribution is -2.15. The second-order valence-corrected chi connectivity index (χ2v) is 4.74. The molecule has 0 spiro atoms. The van der Waals surface area contributed by atoms with Gasteiger partial charge in [0.15, 0.2) is 5.65 Å². The van der Waals surface area contributed by atoms with Gasteiger partial charge in [-0.15, -0.1) is 0 Å². The third kappa shape index (κ3) is 2.08. The van der Waals surface area contributed by atoms with E-state index < -0.39 is 0 Å². The summed E-state index contributed by atoms with van der Waals surface area (Å²) in [7, 11) is 3.64. The summed E-state index contributed by atoms with van der Waals surface area (Å²) in [6, 6.07) is 0. The third-order valence-electron chi connectivity index (χ3n) is 3.10. The summed E-state index contributed by atoms with van der Waals surface area (Å²) in [5.74, 6) is 0.935. The van der Waals surface area contributed by atoms with Crippen molar-refractivity contribution in [3.63, 3.8) is 0 Å². The van der Waals surface area contributed by atoms with Crippen LogP contribution in [0.4, 0.5) is 5.95 Å². The van der Waals surface area contributed by atoms with Crippen molar-refractivity contribution in [1.29, 1.82) is 0 Å². The molecule has 0 fully saturated rings. The van der Waals surface area contributed by atoms with Crippen LogP contribution in [0.25, 0.3) is 11.2 Å². The fourth-order valence-electron chi connectivity index (χ4n) is 2.33. The van der Waals surface area contributed by atoms with E-state index in [1.165, 1.54) is 0 Å². The summed E-state index contributed by atoms with van der Waals surface area (Å²) >= 11 is 0. The van der Waals surface area contributed by atoms with Crippen LogP contribution in [0.15, 0.2) is 0 Å². The predicted molar refractivity (Wildman–Crippen MR) is 71.3 cm³/mol. The van der Waals surface area contributed by atoms with Gasteiger partial charge in [0.2, 0.25) is 5.95 Å². The third-order valence-corrected chi connectivity index (χ3v) is 3.10. The Hall–Kier alpha value is -1.56. The van der Waals surface area contributed by atoms with Crippen molar-refractivity contribution < 1.29 is 4.74 Å². The van der Waals surface area contributed by atoms with Gasteiger partial charge in [0.05, 0.1) is 12.3 Å². The standard InChI is InChI=1S/C12H21N5O/c1-5-9-10-11(16(3)15-9)17(12(13)14-10)6-8(2)7-18-4/h8H,5-7H2,1-4H3,(H2,13,14). The highest BCUT2D eigenvalue weighted by molar-refractivity contribution is 5.77. The molecule has 18 heavy (non-hydrogen) atoms. The van der Waals surface area contributed by atoms with Gasteiger partial charge in [-0.05, 0) is 12.3 Å². The highest BCUT2D eigenvalue weighted by Crippen LogP contribution is 2.22. The van der Waals surface area contributed by atoms with Gasteiger partial charge in [-0.2, -0.15) is 5.10 Å². The maximum atomic E-state index is 6.00. The first-order valence-corrected chi connectivity index (χ1v) is 6.25. The molecular formula is C12H21N5O. The fourth-order valence-corrected chi connectivity index (χ4v) is 2.33. The van der Waals surface area contributed by atoms with Gasteiger partial charge in [0.25, 0.3) is 0 Å². The Kier molecular flexibility index (Phi) is 3.56. The molecule has 0 bridgehead atoms. The monoisotopic (exact) mass is 251 g/mol. The first-order valence-electron chi connectivity index (χ1n) is 6.25. The maximum absolute atomic E-state index is 6.00. The van der Waals surface area contributed by atoms with Crippen molar-refractivity contribution in [3.8, 4) is 0 Å². The number of imidazole rings is 1. The zero-order valence-electron chi connectivity index (χ0n) is 11.5. The van der Waals surface area contributed by atoms with Gasteiger partial charge in [-0.3, -0.25) is 9.25 Å². The number of hydrogen-bond donors (Lipinski definition) is 1. The second kappa shape index (κ2) is 4.97. The first kappa shape index (κ1) is 12.9. The van der Waals surface area contributed by atoms with Gasteiger partial charge in [0, 0.05) is 20.7 Å². The van der Waals surface area contributed by atoms with Crippen molar-refractivity contribution in [2.75, 3.05) is 19.5 Å². The molecular weight excluding hydrogens is 230 g/mol. The molecule has 0 amide bonds. The molecule has 2 heterocycles. The smallest absolute Gasteiger partial charge is 0.202 e. The van der Waals surface area contributed by atoms with E-state index in [4.69, 9.17) is 10.5 Å². The zero-order chi connectivity index (χ0) is 13.3. The zero-order valence-corrected chi connectivity index (χ0v) is 11.5. The molecule has 0 saturated heterocycles. The number of nitrogens with two attached hydrogens (primary N) is 1. The molecule has 0 saturated carbocycles. The van der Waals surface area contributed by atoms with E-state index in [1.54, 1.807) is 7.11 Å². The molecule has 1 atom stereocenters. The molecule has 2 aromatic heterocycles. The summed E-state index contributed by atoms with van der Waals surface area (Å²) < 4.78 is 9.04. The summed E-state index contributed by atoms with van der Waals surface area (Å²) in [5, 5.41) is 4.47. The van der Waals surface area contributed by atoms with Crippen molar-refractivity contribution in [1.82, 2.24) is 19.3 Å². The number of nitrogens with zero attached hydrogens (tertiary/aromatic N) is 4. The summed E-state index contributed by atoms with van der Waals surface area (Å²) in [6.07, 6.45) is 0.863. The lowest BCUT2D eigenvalue weighted by Gasteiger charge is -2.13. The molecule has 6 nitrogen and oxygen atoms in total. The Morgan fingerprint density at radius 1 is 1.44 bits per heavy atom. The summed E-state index contributed by atoms with van der Waals surface area (Å²) in [6.45, 7) is 5.70. The average Bonchev–Trinajstić information content (AvgIpc) is 2.79. The fraction of sp³-hybridized carbons (Fsp3) is 0.667. The van der Waals surface area contributed by atoms with Crippen LogP contribution in [0.3, 0.4) is 0 Å². The topological polar surface area (TPSA) is 70.9 Å². The van der Waals surface area contributed by atoms with E-state index in [-0.39, 0.29) is 0 Å². The lowest BCUT2D eigenvalue weighted by atomic mass is 10.2. The molecule has 0 radical (unpaired) electrons. The van der Waals surface area contributed by atoms with Crippen LogP contribution in [0, 0.1) is 5.92 Å². The second-order valence-electron chi connectivity index (χ2n) is 4.74. The number of fused-ring (bicyclic) bond motifs is 1. The van der Waals surface area contributed by atoms with E-state index in [2.05, 4.69) is 23.9 Å². The van der Waals surface area contributed by atoms with Crippen LogP contribution >= 0.6 is 0 Å². The van der Waals surface area contributed by atoms with E-state index in [0.29, 0.717) is 18.5 Å². The van der Waals surface area contributed by atoms with E-state index >= 15 is 0 Å². The number of methoxy groups -OCH3 is 1. The Morgan fingerprint density at radius 3 is 2.78 bits per heavy atom. The Balaban J connectivity index is 2.43. The first-order chi connectivity index (χ1) is 8.58. The van der Waals surface area contributed by atoms with E-state index in [1.807, 2.05) is 16.3 Å². The number of ether oxygens (including phenoxy) is 1. The van der Waals surface area contributed by atoms with Crippen LogP contribution in [-0.2, 0) is 24.8 Å². The minimum absolute atomic E-state index is 0.384. The average molecular weight is 251 g/mol. The van der Waals surface area contributed by atoms with Gasteiger partial charge >= 0.3 is 0 Å². The molecule has 6 heteroatoms. The number of aryl methyl sites for hydroxylation is 2. The molecule has 100 valence electrons. The molecule has 0 aromatic carbocycles. The molecule has 2 rings (SSSR count). The molecule has 0 aliphatic heterocycles. The minimum atomic E-state index is 0.384. The minimum Gasteiger partial charge on any atom is -0.384 e. The van der Waals surface area contributed by atoms with Gasteiger partial charge in [0.1, 0.15) is 5.52 Å². The molecule has 2 aromatic rings. The largest absolute Gasteiger partial charge is 0.384 e. The normalized spacial score (nSPS) is 13.3. The van der Waals surface area contributed by atoms with Crippen molar-refractivity contribution in [2.45, 2.75) is 26.8 Å². The number of rotatable bonds is 5. The van der Waals surface area contributed by atoms with Crippen molar-refractivity contribution >= 4 is 17.1 Å². The van der Waals surface area contributed by atoms with Crippen LogP contribution < -0.4 is 5.73 Å². The van der Waals surface area contributed by atoms with Crippen molar-refractivity contribution in [2.24, 2.45) is 13.0 Å². The number of nitrogen functional groups attached to an aromatic ring is 1. The quantitative estimate of drug-likeness (QED) is 0.866. The molecule has 0 aliphatic rings. The van der Waals surface area contributed by atoms with Crippen molar-refractivity contribution in [3.05, 3.63) is 5.69 Å².